The number of hydrogen-bond donors (Lipinski definition) is 1. The smallest absolute Gasteiger partial charge is 0.0498 e. The maximum Gasteiger partial charge on any atom is 0.0498 e. The van der Waals surface area contributed by atoms with Crippen LogP contribution in [-0.4, -0.2) is 54.1 Å². The highest BCUT2D eigenvalue weighted by Crippen LogP contribution is 2.42. The fraction of sp³-hybridized carbons (Fsp3) is 1.00. The summed E-state index contributed by atoms with van der Waals surface area (Å²) in [6.45, 7) is 13.2. The van der Waals surface area contributed by atoms with Crippen molar-refractivity contribution in [1.82, 2.24) is 9.80 Å². The van der Waals surface area contributed by atoms with E-state index in [1.165, 1.54) is 64.7 Å². The van der Waals surface area contributed by atoms with Gasteiger partial charge in [0.25, 0.3) is 0 Å². The molecule has 3 aliphatic rings. The molecule has 0 radical (unpaired) electrons. The Morgan fingerprint density at radius 2 is 1.76 bits per heavy atom. The van der Waals surface area contributed by atoms with Gasteiger partial charge in [-0.25, -0.2) is 0 Å². The zero-order valence-electron chi connectivity index (χ0n) is 14.4. The molecule has 3 heteroatoms. The summed E-state index contributed by atoms with van der Waals surface area (Å²) in [5.74, 6) is 0.874. The summed E-state index contributed by atoms with van der Waals surface area (Å²) in [7, 11) is 0. The molecule has 3 unspecified atom stereocenters. The Hall–Kier alpha value is -0.120. The summed E-state index contributed by atoms with van der Waals surface area (Å²) in [5, 5.41) is 0. The topological polar surface area (TPSA) is 32.5 Å². The summed E-state index contributed by atoms with van der Waals surface area (Å²) in [4.78, 5) is 5.54. The van der Waals surface area contributed by atoms with Crippen molar-refractivity contribution in [1.29, 1.82) is 0 Å². The predicted octanol–water partition coefficient (Wildman–Crippen LogP) is 2.70. The van der Waals surface area contributed by atoms with E-state index in [9.17, 15) is 0 Å². The van der Waals surface area contributed by atoms with Gasteiger partial charge in [-0.1, -0.05) is 20.8 Å². The molecule has 2 N–H and O–H groups in total. The van der Waals surface area contributed by atoms with Crippen molar-refractivity contribution in [2.24, 2.45) is 17.1 Å². The van der Waals surface area contributed by atoms with Gasteiger partial charge in [0.05, 0.1) is 0 Å². The second kappa shape index (κ2) is 5.82. The highest BCUT2D eigenvalue weighted by Gasteiger charge is 2.51. The summed E-state index contributed by atoms with van der Waals surface area (Å²) >= 11 is 0. The van der Waals surface area contributed by atoms with E-state index < -0.39 is 0 Å². The van der Waals surface area contributed by atoms with E-state index in [2.05, 4.69) is 30.6 Å². The van der Waals surface area contributed by atoms with Gasteiger partial charge >= 0.3 is 0 Å². The van der Waals surface area contributed by atoms with Gasteiger partial charge < -0.3 is 5.73 Å². The molecular formula is C18H35N3. The summed E-state index contributed by atoms with van der Waals surface area (Å²) in [5.41, 5.74) is 7.11. The Labute approximate surface area is 131 Å². The van der Waals surface area contributed by atoms with Crippen LogP contribution >= 0.6 is 0 Å². The van der Waals surface area contributed by atoms with Gasteiger partial charge in [0.1, 0.15) is 0 Å². The van der Waals surface area contributed by atoms with Gasteiger partial charge in [0.15, 0.2) is 0 Å². The lowest BCUT2D eigenvalue weighted by Crippen LogP contribution is -2.60. The molecular weight excluding hydrogens is 258 g/mol. The monoisotopic (exact) mass is 293 g/mol. The lowest BCUT2D eigenvalue weighted by molar-refractivity contribution is 0.0651. The second-order valence-electron chi connectivity index (χ2n) is 8.73. The Morgan fingerprint density at radius 3 is 2.48 bits per heavy atom. The van der Waals surface area contributed by atoms with Crippen molar-refractivity contribution in [2.75, 3.05) is 32.7 Å². The van der Waals surface area contributed by atoms with Gasteiger partial charge in [-0.3, -0.25) is 9.80 Å². The zero-order valence-corrected chi connectivity index (χ0v) is 14.4. The van der Waals surface area contributed by atoms with E-state index in [-0.39, 0.29) is 0 Å². The van der Waals surface area contributed by atoms with Crippen molar-refractivity contribution < 1.29 is 0 Å². The minimum absolute atomic E-state index is 0.295. The van der Waals surface area contributed by atoms with Crippen LogP contribution in [0.1, 0.15) is 59.3 Å². The van der Waals surface area contributed by atoms with Crippen LogP contribution in [0.3, 0.4) is 0 Å². The third kappa shape index (κ3) is 2.77. The van der Waals surface area contributed by atoms with E-state index in [1.807, 2.05) is 0 Å². The highest BCUT2D eigenvalue weighted by atomic mass is 15.3. The molecule has 3 atom stereocenters. The van der Waals surface area contributed by atoms with E-state index in [4.69, 9.17) is 5.73 Å². The van der Waals surface area contributed by atoms with E-state index >= 15 is 0 Å². The van der Waals surface area contributed by atoms with Crippen LogP contribution in [0.5, 0.6) is 0 Å². The normalized spacial score (nSPS) is 39.4. The average Bonchev–Trinajstić information content (AvgIpc) is 2.92. The first kappa shape index (κ1) is 15.8. The van der Waals surface area contributed by atoms with Crippen molar-refractivity contribution in [3.05, 3.63) is 0 Å². The molecule has 0 aromatic carbocycles. The highest BCUT2D eigenvalue weighted by molar-refractivity contribution is 5.10. The molecule has 21 heavy (non-hydrogen) atoms. The lowest BCUT2D eigenvalue weighted by Gasteiger charge is -2.44. The summed E-state index contributed by atoms with van der Waals surface area (Å²) in [6, 6.07) is 0.744. The Bertz CT molecular complexity index is 362. The van der Waals surface area contributed by atoms with Gasteiger partial charge in [-0.2, -0.15) is 0 Å². The number of nitrogens with two attached hydrogens (primary N) is 1. The molecule has 3 rings (SSSR count). The standard InChI is InChI=1S/C18H35N3/c1-17(2,3)15-6-4-11-21(12-8-15)18(14-19)9-13-20-10-5-7-16(18)20/h15-16H,4-14,19H2,1-3H3. The molecule has 3 fully saturated rings. The SMILES string of the molecule is CC(C)(C)C1CCCN(C2(CN)CCN3CCCC32)CC1. The molecule has 3 aliphatic heterocycles. The first-order valence-electron chi connectivity index (χ1n) is 9.16. The number of likely N-dealkylation sites (tertiary alicyclic amines) is 1. The van der Waals surface area contributed by atoms with Crippen LogP contribution in [-0.2, 0) is 0 Å². The average molecular weight is 293 g/mol. The summed E-state index contributed by atoms with van der Waals surface area (Å²) < 4.78 is 0. The lowest BCUT2D eigenvalue weighted by atomic mass is 9.76. The van der Waals surface area contributed by atoms with Gasteiger partial charge in [0, 0.05) is 24.7 Å². The minimum Gasteiger partial charge on any atom is -0.329 e. The molecule has 0 spiro atoms. The molecule has 3 heterocycles. The van der Waals surface area contributed by atoms with Crippen LogP contribution in [0.2, 0.25) is 0 Å². The maximum absolute atomic E-state index is 6.36. The Balaban J connectivity index is 1.73. The van der Waals surface area contributed by atoms with Crippen LogP contribution < -0.4 is 5.73 Å². The molecule has 3 saturated heterocycles. The van der Waals surface area contributed by atoms with Crippen molar-refractivity contribution in [2.45, 2.75) is 70.9 Å². The van der Waals surface area contributed by atoms with Gasteiger partial charge in [-0.15, -0.1) is 0 Å². The van der Waals surface area contributed by atoms with Crippen molar-refractivity contribution >= 4 is 0 Å². The Morgan fingerprint density at radius 1 is 1.00 bits per heavy atom. The summed E-state index contributed by atoms with van der Waals surface area (Å²) in [6.07, 6.45) is 8.17. The molecule has 0 aliphatic carbocycles. The largest absolute Gasteiger partial charge is 0.329 e. The molecule has 0 amide bonds. The van der Waals surface area contributed by atoms with Crippen molar-refractivity contribution in [3.8, 4) is 0 Å². The quantitative estimate of drug-likeness (QED) is 0.849. The van der Waals surface area contributed by atoms with Crippen LogP contribution in [0.15, 0.2) is 0 Å². The number of fused-ring (bicyclic) bond motifs is 1. The zero-order chi connectivity index (χ0) is 15.1. The van der Waals surface area contributed by atoms with Gasteiger partial charge in [-0.05, 0) is 69.5 Å². The number of nitrogens with zero attached hydrogens (tertiary/aromatic N) is 2. The van der Waals surface area contributed by atoms with E-state index in [0.29, 0.717) is 11.0 Å². The van der Waals surface area contributed by atoms with Crippen LogP contribution in [0.4, 0.5) is 0 Å². The fourth-order valence-electron chi connectivity index (χ4n) is 5.35. The molecule has 3 nitrogen and oxygen atoms in total. The van der Waals surface area contributed by atoms with Gasteiger partial charge in [0.2, 0.25) is 0 Å². The predicted molar refractivity (Wildman–Crippen MR) is 89.4 cm³/mol. The molecule has 122 valence electrons. The second-order valence-corrected chi connectivity index (χ2v) is 8.73. The Kier molecular flexibility index (Phi) is 4.37. The van der Waals surface area contributed by atoms with E-state index in [1.54, 1.807) is 0 Å². The third-order valence-electron chi connectivity index (χ3n) is 6.75. The maximum atomic E-state index is 6.36. The molecule has 0 bridgehead atoms. The molecule has 0 aromatic rings. The van der Waals surface area contributed by atoms with Crippen LogP contribution in [0.25, 0.3) is 0 Å². The first-order valence-corrected chi connectivity index (χ1v) is 9.16. The number of rotatable bonds is 2. The third-order valence-corrected chi connectivity index (χ3v) is 6.75. The molecule has 0 aromatic heterocycles. The first-order chi connectivity index (χ1) is 9.97. The number of hydrogen-bond acceptors (Lipinski definition) is 3. The van der Waals surface area contributed by atoms with Crippen molar-refractivity contribution in [3.63, 3.8) is 0 Å². The van der Waals surface area contributed by atoms with Crippen LogP contribution in [0, 0.1) is 11.3 Å². The molecule has 0 saturated carbocycles. The minimum atomic E-state index is 0.295. The fourth-order valence-corrected chi connectivity index (χ4v) is 5.35. The van der Waals surface area contributed by atoms with E-state index in [0.717, 1.165) is 18.5 Å².